The topological polar surface area (TPSA) is 130 Å². The van der Waals surface area contributed by atoms with Gasteiger partial charge in [0.15, 0.2) is 12.6 Å². The molecule has 2 aliphatic rings. The van der Waals surface area contributed by atoms with Crippen LogP contribution < -0.4 is 0 Å². The van der Waals surface area contributed by atoms with Crippen LogP contribution in [0.2, 0.25) is 0 Å². The molecule has 2 aromatic carbocycles. The second-order valence-electron chi connectivity index (χ2n) is 13.9. The fourth-order valence-electron chi connectivity index (χ4n) is 5.31. The van der Waals surface area contributed by atoms with Crippen molar-refractivity contribution in [1.82, 2.24) is 0 Å². The van der Waals surface area contributed by atoms with E-state index in [9.17, 15) is 19.8 Å². The lowest BCUT2D eigenvalue weighted by Crippen LogP contribution is -2.57. The van der Waals surface area contributed by atoms with Crippen molar-refractivity contribution in [2.75, 3.05) is 39.6 Å². The third-order valence-electron chi connectivity index (χ3n) is 8.41. The zero-order chi connectivity index (χ0) is 32.8. The van der Waals surface area contributed by atoms with Gasteiger partial charge in [-0.15, -0.1) is 0 Å². The van der Waals surface area contributed by atoms with Crippen LogP contribution in [0.5, 0.6) is 11.5 Å². The zero-order valence-electron chi connectivity index (χ0n) is 27.4. The Morgan fingerprint density at radius 3 is 1.40 bits per heavy atom. The number of ether oxygens (including phenoxy) is 6. The fraction of sp³-hybridized carbons (Fsp3) is 0.600. The highest BCUT2D eigenvalue weighted by Crippen LogP contribution is 2.38. The molecule has 0 atom stereocenters. The van der Waals surface area contributed by atoms with Gasteiger partial charge in [0.2, 0.25) is 0 Å². The number of hydrogen-bond donors (Lipinski definition) is 2. The van der Waals surface area contributed by atoms with Gasteiger partial charge in [0, 0.05) is 23.7 Å². The summed E-state index contributed by atoms with van der Waals surface area (Å²) in [4.78, 5) is 24.9. The third-order valence-corrected chi connectivity index (χ3v) is 8.41. The monoisotopic (exact) mass is 628 g/mol. The standard InChI is InChI=1S/C35H48O10/c1-23-15-25(7-11-27(23)36)9-13-29(38)40-17-33(3,4)31-42-19-35(20-43-31)21-44-32(45-22-35)34(5,6)18-41-30(39)14-10-26-8-12-28(37)24(2)16-26/h7-8,11-12,15-16,31-32,36-37H,9-10,13-14,17-22H2,1-6H3. The highest BCUT2D eigenvalue weighted by Gasteiger charge is 2.48. The summed E-state index contributed by atoms with van der Waals surface area (Å²) in [5, 5.41) is 19.4. The van der Waals surface area contributed by atoms with E-state index >= 15 is 0 Å². The van der Waals surface area contributed by atoms with E-state index < -0.39 is 28.8 Å². The van der Waals surface area contributed by atoms with Crippen molar-refractivity contribution in [3.63, 3.8) is 0 Å². The smallest absolute Gasteiger partial charge is 0.306 e. The van der Waals surface area contributed by atoms with E-state index in [1.165, 1.54) is 0 Å². The van der Waals surface area contributed by atoms with Crippen molar-refractivity contribution >= 4 is 11.9 Å². The summed E-state index contributed by atoms with van der Waals surface area (Å²) in [6, 6.07) is 10.6. The summed E-state index contributed by atoms with van der Waals surface area (Å²) in [5.41, 5.74) is 1.87. The predicted molar refractivity (Wildman–Crippen MR) is 166 cm³/mol. The van der Waals surface area contributed by atoms with Crippen molar-refractivity contribution in [3.05, 3.63) is 58.7 Å². The largest absolute Gasteiger partial charge is 0.508 e. The number of rotatable bonds is 12. The van der Waals surface area contributed by atoms with Gasteiger partial charge < -0.3 is 38.6 Å². The van der Waals surface area contributed by atoms with Crippen LogP contribution in [0.15, 0.2) is 36.4 Å². The normalized spacial score (nSPS) is 22.3. The number of esters is 2. The molecule has 2 N–H and O–H groups in total. The van der Waals surface area contributed by atoms with E-state index in [1.807, 2.05) is 53.7 Å². The Hall–Kier alpha value is -3.18. The van der Waals surface area contributed by atoms with Crippen LogP contribution in [0, 0.1) is 30.1 Å². The van der Waals surface area contributed by atoms with Crippen LogP contribution in [-0.4, -0.2) is 74.4 Å². The van der Waals surface area contributed by atoms with Gasteiger partial charge in [0.25, 0.3) is 0 Å². The lowest BCUT2D eigenvalue weighted by atomic mass is 9.86. The van der Waals surface area contributed by atoms with E-state index in [0.29, 0.717) is 39.3 Å². The summed E-state index contributed by atoms with van der Waals surface area (Å²) in [5.74, 6) is -0.135. The molecule has 2 heterocycles. The number of phenols is 2. The molecule has 2 saturated heterocycles. The Balaban J connectivity index is 1.15. The average molecular weight is 629 g/mol. The molecule has 4 rings (SSSR count). The van der Waals surface area contributed by atoms with E-state index in [2.05, 4.69) is 0 Å². The van der Waals surface area contributed by atoms with Crippen molar-refractivity contribution in [2.45, 2.75) is 79.8 Å². The Morgan fingerprint density at radius 2 is 1.07 bits per heavy atom. The van der Waals surface area contributed by atoms with Crippen molar-refractivity contribution in [1.29, 1.82) is 0 Å². The molecule has 0 aromatic heterocycles. The fourth-order valence-corrected chi connectivity index (χ4v) is 5.31. The highest BCUT2D eigenvalue weighted by atomic mass is 16.7. The van der Waals surface area contributed by atoms with Gasteiger partial charge in [-0.1, -0.05) is 52.0 Å². The molecule has 2 fully saturated rings. The first kappa shape index (κ1) is 34.7. The SMILES string of the molecule is Cc1cc(CCC(=O)OCC(C)(C)C2OCC3(CO2)COC(C(C)(C)COC(=O)CCc2ccc(O)c(C)c2)OC3)ccc1O. The quantitative estimate of drug-likeness (QED) is 0.304. The highest BCUT2D eigenvalue weighted by molar-refractivity contribution is 5.70. The molecule has 0 aliphatic carbocycles. The van der Waals surface area contributed by atoms with Gasteiger partial charge in [0.05, 0.1) is 31.8 Å². The molecule has 2 aliphatic heterocycles. The second-order valence-corrected chi connectivity index (χ2v) is 13.9. The molecular formula is C35H48O10. The molecule has 0 amide bonds. The number of hydrogen-bond acceptors (Lipinski definition) is 10. The lowest BCUT2D eigenvalue weighted by Gasteiger charge is -2.48. The molecule has 10 heteroatoms. The lowest BCUT2D eigenvalue weighted by molar-refractivity contribution is -0.337. The number of aryl methyl sites for hydroxylation is 4. The number of phenolic OH excluding ortho intramolecular Hbond substituents is 2. The summed E-state index contributed by atoms with van der Waals surface area (Å²) >= 11 is 0. The Kier molecular flexibility index (Phi) is 11.2. The molecule has 1 spiro atoms. The third kappa shape index (κ3) is 9.42. The second kappa shape index (κ2) is 14.5. The molecule has 0 unspecified atom stereocenters. The summed E-state index contributed by atoms with van der Waals surface area (Å²) < 4.78 is 35.6. The van der Waals surface area contributed by atoms with Crippen LogP contribution in [0.3, 0.4) is 0 Å². The molecule has 10 nitrogen and oxygen atoms in total. The molecule has 2 aromatic rings. The maximum atomic E-state index is 12.4. The maximum Gasteiger partial charge on any atom is 0.306 e. The minimum atomic E-state index is -0.571. The van der Waals surface area contributed by atoms with E-state index in [4.69, 9.17) is 28.4 Å². The van der Waals surface area contributed by atoms with E-state index in [-0.39, 0.29) is 49.5 Å². The first-order valence-electron chi connectivity index (χ1n) is 15.5. The first-order chi connectivity index (χ1) is 21.2. The van der Waals surface area contributed by atoms with Gasteiger partial charge >= 0.3 is 11.9 Å². The number of carbonyl (C=O) groups excluding carboxylic acids is 2. The first-order valence-corrected chi connectivity index (χ1v) is 15.5. The summed E-state index contributed by atoms with van der Waals surface area (Å²) in [6.07, 6.45) is 0.409. The van der Waals surface area contributed by atoms with E-state index in [0.717, 1.165) is 22.3 Å². The maximum absolute atomic E-state index is 12.4. The number of benzene rings is 2. The van der Waals surface area contributed by atoms with Gasteiger partial charge in [0.1, 0.15) is 24.7 Å². The Morgan fingerprint density at radius 1 is 0.711 bits per heavy atom. The van der Waals surface area contributed by atoms with Crippen molar-refractivity contribution in [2.24, 2.45) is 16.2 Å². The molecule has 0 saturated carbocycles. The minimum absolute atomic E-state index is 0.147. The van der Waals surface area contributed by atoms with Gasteiger partial charge in [-0.25, -0.2) is 0 Å². The number of aromatic hydroxyl groups is 2. The summed E-state index contributed by atoms with van der Waals surface area (Å²) in [6.45, 7) is 13.2. The van der Waals surface area contributed by atoms with Crippen LogP contribution in [0.1, 0.15) is 62.8 Å². The van der Waals surface area contributed by atoms with Gasteiger partial charge in [-0.2, -0.15) is 0 Å². The molecule has 0 radical (unpaired) electrons. The molecular weight excluding hydrogens is 580 g/mol. The minimum Gasteiger partial charge on any atom is -0.508 e. The Labute approximate surface area is 265 Å². The molecule has 248 valence electrons. The zero-order valence-corrected chi connectivity index (χ0v) is 27.4. The summed E-state index contributed by atoms with van der Waals surface area (Å²) in [7, 11) is 0. The van der Waals surface area contributed by atoms with E-state index in [1.54, 1.807) is 24.3 Å². The molecule has 0 bridgehead atoms. The van der Waals surface area contributed by atoms with Crippen LogP contribution in [0.25, 0.3) is 0 Å². The van der Waals surface area contributed by atoms with Gasteiger partial charge in [-0.3, -0.25) is 9.59 Å². The van der Waals surface area contributed by atoms with Gasteiger partial charge in [-0.05, 0) is 61.1 Å². The van der Waals surface area contributed by atoms with Crippen molar-refractivity contribution < 1.29 is 48.2 Å². The number of carbonyl (C=O) groups is 2. The Bertz CT molecular complexity index is 1210. The van der Waals surface area contributed by atoms with Crippen LogP contribution >= 0.6 is 0 Å². The van der Waals surface area contributed by atoms with Crippen LogP contribution in [0.4, 0.5) is 0 Å². The molecule has 45 heavy (non-hydrogen) atoms. The predicted octanol–water partition coefficient (Wildman–Crippen LogP) is 5.15. The average Bonchev–Trinajstić information content (AvgIpc) is 3.01. The van der Waals surface area contributed by atoms with Crippen LogP contribution in [-0.2, 0) is 50.9 Å². The van der Waals surface area contributed by atoms with Crippen molar-refractivity contribution in [3.8, 4) is 11.5 Å².